The van der Waals surface area contributed by atoms with Crippen molar-refractivity contribution in [3.63, 3.8) is 0 Å². The molecule has 0 amide bonds. The van der Waals surface area contributed by atoms with Crippen molar-refractivity contribution < 1.29 is 13.9 Å². The van der Waals surface area contributed by atoms with Crippen LogP contribution in [0.5, 0.6) is 11.5 Å². The summed E-state index contributed by atoms with van der Waals surface area (Å²) in [5.74, 6) is 1.07. The van der Waals surface area contributed by atoms with Gasteiger partial charge in [-0.25, -0.2) is 4.39 Å². The van der Waals surface area contributed by atoms with E-state index < -0.39 is 0 Å². The maximum absolute atomic E-state index is 13.1. The van der Waals surface area contributed by atoms with E-state index in [2.05, 4.69) is 31.9 Å². The second-order valence-corrected chi connectivity index (χ2v) is 6.02. The molecule has 0 saturated heterocycles. The van der Waals surface area contributed by atoms with E-state index in [1.807, 2.05) is 19.1 Å². The van der Waals surface area contributed by atoms with Gasteiger partial charge >= 0.3 is 0 Å². The average molecular weight is 418 g/mol. The Morgan fingerprint density at radius 1 is 1.19 bits per heavy atom. The minimum atomic E-state index is -0.239. The molecule has 0 aromatic heterocycles. The highest BCUT2D eigenvalue weighted by Crippen LogP contribution is 2.37. The maximum atomic E-state index is 13.1. The van der Waals surface area contributed by atoms with Crippen LogP contribution in [0, 0.1) is 12.7 Å². The van der Waals surface area contributed by atoms with Gasteiger partial charge in [0.2, 0.25) is 0 Å². The van der Waals surface area contributed by atoms with E-state index in [-0.39, 0.29) is 5.82 Å². The number of rotatable bonds is 5. The van der Waals surface area contributed by atoms with Crippen LogP contribution in [0.3, 0.4) is 0 Å². The molecule has 0 atom stereocenters. The highest BCUT2D eigenvalue weighted by Gasteiger charge is 2.12. The fourth-order valence-electron chi connectivity index (χ4n) is 1.96. The van der Waals surface area contributed by atoms with Crippen LogP contribution >= 0.6 is 31.9 Å². The van der Waals surface area contributed by atoms with Crippen LogP contribution in [0.2, 0.25) is 0 Å². The van der Waals surface area contributed by atoms with E-state index in [1.54, 1.807) is 13.2 Å². The van der Waals surface area contributed by atoms with Crippen molar-refractivity contribution in [3.8, 4) is 11.5 Å². The first-order valence-corrected chi connectivity index (χ1v) is 8.26. The van der Waals surface area contributed by atoms with Gasteiger partial charge in [0.25, 0.3) is 0 Å². The fourth-order valence-corrected chi connectivity index (χ4v) is 2.89. The van der Waals surface area contributed by atoms with Gasteiger partial charge in [-0.05, 0) is 63.8 Å². The molecule has 2 nitrogen and oxygen atoms in total. The molecule has 0 aliphatic heterocycles. The van der Waals surface area contributed by atoms with E-state index in [9.17, 15) is 4.39 Å². The van der Waals surface area contributed by atoms with Crippen LogP contribution in [0.4, 0.5) is 4.39 Å². The van der Waals surface area contributed by atoms with E-state index in [1.165, 1.54) is 12.1 Å². The number of alkyl halides is 1. The number of ether oxygens (including phenoxy) is 2. The lowest BCUT2D eigenvalue weighted by atomic mass is 10.1. The first-order chi connectivity index (χ1) is 10.0. The summed E-state index contributed by atoms with van der Waals surface area (Å²) in [6.07, 6.45) is 0. The van der Waals surface area contributed by atoms with Crippen molar-refractivity contribution in [2.75, 3.05) is 7.11 Å². The molecule has 21 heavy (non-hydrogen) atoms. The van der Waals surface area contributed by atoms with E-state index in [0.29, 0.717) is 18.1 Å². The van der Waals surface area contributed by atoms with Crippen LogP contribution in [0.15, 0.2) is 34.8 Å². The maximum Gasteiger partial charge on any atom is 0.175 e. The molecular formula is C16H15Br2FO2. The summed E-state index contributed by atoms with van der Waals surface area (Å²) >= 11 is 6.92. The summed E-state index contributed by atoms with van der Waals surface area (Å²) in [5.41, 5.74) is 2.89. The fraction of sp³-hybridized carbons (Fsp3) is 0.250. The summed E-state index contributed by atoms with van der Waals surface area (Å²) < 4.78 is 25.2. The number of halogens is 3. The molecule has 0 unspecified atom stereocenters. The molecule has 2 rings (SSSR count). The molecule has 0 bridgehead atoms. The molecule has 0 aliphatic carbocycles. The van der Waals surface area contributed by atoms with Crippen LogP contribution in [-0.4, -0.2) is 7.11 Å². The summed E-state index contributed by atoms with van der Waals surface area (Å²) in [7, 11) is 1.61. The van der Waals surface area contributed by atoms with Crippen molar-refractivity contribution in [3.05, 3.63) is 57.3 Å². The Bertz CT molecular complexity index is 644. The highest BCUT2D eigenvalue weighted by molar-refractivity contribution is 9.10. The lowest BCUT2D eigenvalue weighted by molar-refractivity contribution is 0.281. The first kappa shape index (κ1) is 16.3. The number of methoxy groups -OCH3 is 1. The van der Waals surface area contributed by atoms with E-state index in [4.69, 9.17) is 9.47 Å². The van der Waals surface area contributed by atoms with E-state index in [0.717, 1.165) is 26.5 Å². The van der Waals surface area contributed by atoms with Gasteiger partial charge in [0, 0.05) is 5.33 Å². The third-order valence-electron chi connectivity index (χ3n) is 3.12. The van der Waals surface area contributed by atoms with Crippen LogP contribution in [-0.2, 0) is 11.9 Å². The van der Waals surface area contributed by atoms with Gasteiger partial charge in [-0.1, -0.05) is 22.0 Å². The normalized spacial score (nSPS) is 10.5. The SMILES string of the molecule is COc1cc(CBr)cc(Br)c1OCc1ccc(F)cc1C. The van der Waals surface area contributed by atoms with Crippen LogP contribution < -0.4 is 9.47 Å². The smallest absolute Gasteiger partial charge is 0.175 e. The zero-order chi connectivity index (χ0) is 15.4. The predicted molar refractivity (Wildman–Crippen MR) is 88.8 cm³/mol. The molecule has 2 aromatic rings. The average Bonchev–Trinajstić information content (AvgIpc) is 2.46. The largest absolute Gasteiger partial charge is 0.493 e. The molecular weight excluding hydrogens is 403 g/mol. The first-order valence-electron chi connectivity index (χ1n) is 6.35. The van der Waals surface area contributed by atoms with Gasteiger partial charge in [0.05, 0.1) is 11.6 Å². The second-order valence-electron chi connectivity index (χ2n) is 4.60. The van der Waals surface area contributed by atoms with Crippen molar-refractivity contribution in [2.45, 2.75) is 18.9 Å². The number of benzene rings is 2. The van der Waals surface area contributed by atoms with Gasteiger partial charge in [0.1, 0.15) is 12.4 Å². The molecule has 0 radical (unpaired) electrons. The summed E-state index contributed by atoms with van der Waals surface area (Å²) in [6.45, 7) is 2.22. The monoisotopic (exact) mass is 416 g/mol. The van der Waals surface area contributed by atoms with Crippen LogP contribution in [0.1, 0.15) is 16.7 Å². The highest BCUT2D eigenvalue weighted by atomic mass is 79.9. The Balaban J connectivity index is 2.23. The van der Waals surface area contributed by atoms with Gasteiger partial charge in [-0.3, -0.25) is 0 Å². The molecule has 0 saturated carbocycles. The lowest BCUT2D eigenvalue weighted by Gasteiger charge is -2.15. The Morgan fingerprint density at radius 2 is 1.95 bits per heavy atom. The third-order valence-corrected chi connectivity index (χ3v) is 4.36. The van der Waals surface area contributed by atoms with Crippen molar-refractivity contribution in [2.24, 2.45) is 0 Å². The zero-order valence-corrected chi connectivity index (χ0v) is 14.9. The molecule has 0 N–H and O–H groups in total. The molecule has 112 valence electrons. The Kier molecular flexibility index (Phi) is 5.65. The summed E-state index contributed by atoms with van der Waals surface area (Å²) in [6, 6.07) is 8.57. The van der Waals surface area contributed by atoms with Gasteiger partial charge in [-0.2, -0.15) is 0 Å². The van der Waals surface area contributed by atoms with Gasteiger partial charge in [-0.15, -0.1) is 0 Å². The minimum absolute atomic E-state index is 0.239. The van der Waals surface area contributed by atoms with Gasteiger partial charge in [0.15, 0.2) is 11.5 Å². The third kappa shape index (κ3) is 3.98. The van der Waals surface area contributed by atoms with Crippen LogP contribution in [0.25, 0.3) is 0 Å². The van der Waals surface area contributed by atoms with Crippen molar-refractivity contribution in [1.29, 1.82) is 0 Å². The Morgan fingerprint density at radius 3 is 2.57 bits per heavy atom. The van der Waals surface area contributed by atoms with Crippen molar-refractivity contribution >= 4 is 31.9 Å². The standard InChI is InChI=1S/C16H15Br2FO2/c1-10-5-13(19)4-3-12(10)9-21-16-14(18)6-11(8-17)7-15(16)20-2/h3-7H,8-9H2,1-2H3. The second kappa shape index (κ2) is 7.27. The molecule has 5 heteroatoms. The molecule has 0 spiro atoms. The number of hydrogen-bond acceptors (Lipinski definition) is 2. The topological polar surface area (TPSA) is 18.5 Å². The molecule has 0 fully saturated rings. The summed E-state index contributed by atoms with van der Waals surface area (Å²) in [4.78, 5) is 0. The predicted octanol–water partition coefficient (Wildman–Crippen LogP) is 5.38. The van der Waals surface area contributed by atoms with Gasteiger partial charge < -0.3 is 9.47 Å². The van der Waals surface area contributed by atoms with E-state index >= 15 is 0 Å². The quantitative estimate of drug-likeness (QED) is 0.608. The zero-order valence-electron chi connectivity index (χ0n) is 11.8. The summed E-state index contributed by atoms with van der Waals surface area (Å²) in [5, 5.41) is 0.735. The molecule has 2 aromatic carbocycles. The number of aryl methyl sites for hydroxylation is 1. The number of hydrogen-bond donors (Lipinski definition) is 0. The Hall–Kier alpha value is -1.07. The molecule has 0 heterocycles. The Labute approximate surface area is 140 Å². The molecule has 0 aliphatic rings. The minimum Gasteiger partial charge on any atom is -0.493 e. The van der Waals surface area contributed by atoms with Crippen molar-refractivity contribution in [1.82, 2.24) is 0 Å². The lowest BCUT2D eigenvalue weighted by Crippen LogP contribution is -2.01.